The third-order valence-electron chi connectivity index (χ3n) is 15.5. The van der Waals surface area contributed by atoms with E-state index in [0.29, 0.717) is 0 Å². The molecule has 1 aromatic heterocycles. The minimum Gasteiger partial charge on any atom is -0.456 e. The fraction of sp³-hybridized carbons (Fsp3) is 0.118. The lowest BCUT2D eigenvalue weighted by Crippen LogP contribution is -2.29. The first kappa shape index (κ1) is 41.9. The summed E-state index contributed by atoms with van der Waals surface area (Å²) in [4.78, 5) is 2.34. The monoisotopic (exact) mass is 899 g/mol. The predicted octanol–water partition coefficient (Wildman–Crippen LogP) is 18.4. The molecule has 0 bridgehead atoms. The Bertz CT molecular complexity index is 3750. The van der Waals surface area contributed by atoms with Crippen LogP contribution in [0.4, 0.5) is 17.1 Å². The average Bonchev–Trinajstić information content (AvgIpc) is 3.98. The molecule has 0 saturated heterocycles. The molecule has 2 aliphatic rings. The van der Waals surface area contributed by atoms with Crippen LogP contribution in [0.15, 0.2) is 241 Å². The molecule has 0 N–H and O–H groups in total. The Balaban J connectivity index is 0.912. The van der Waals surface area contributed by atoms with Gasteiger partial charge in [-0.3, -0.25) is 0 Å². The first-order chi connectivity index (χ1) is 34.2. The van der Waals surface area contributed by atoms with Gasteiger partial charge in [0.15, 0.2) is 0 Å². The molecule has 0 atom stereocenters. The Kier molecular flexibility index (Phi) is 9.55. The number of anilines is 3. The Hall–Kier alpha value is -8.20. The van der Waals surface area contributed by atoms with Crippen molar-refractivity contribution < 1.29 is 4.42 Å². The minimum atomic E-state index is -0.457. The number of hydrogen-bond donors (Lipinski definition) is 0. The second kappa shape index (κ2) is 15.9. The van der Waals surface area contributed by atoms with E-state index in [4.69, 9.17) is 4.42 Å². The van der Waals surface area contributed by atoms with Gasteiger partial charge in [0.1, 0.15) is 11.2 Å². The molecule has 0 saturated carbocycles. The second-order valence-corrected chi connectivity index (χ2v) is 20.8. The van der Waals surface area contributed by atoms with Gasteiger partial charge in [0, 0.05) is 33.9 Å². The molecule has 1 heterocycles. The van der Waals surface area contributed by atoms with Crippen LogP contribution >= 0.6 is 0 Å². The van der Waals surface area contributed by atoms with Crippen LogP contribution in [0.25, 0.3) is 66.4 Å². The van der Waals surface area contributed by atoms with Crippen molar-refractivity contribution in [3.8, 4) is 44.5 Å². The van der Waals surface area contributed by atoms with Crippen molar-refractivity contribution in [2.24, 2.45) is 0 Å². The quantitative estimate of drug-likeness (QED) is 0.151. The molecule has 2 aliphatic carbocycles. The van der Waals surface area contributed by atoms with Crippen LogP contribution in [-0.2, 0) is 16.2 Å². The summed E-state index contributed by atoms with van der Waals surface area (Å²) in [6, 6.07) is 87.2. The molecule has 0 fully saturated rings. The van der Waals surface area contributed by atoms with E-state index in [-0.39, 0.29) is 10.8 Å². The normalized spacial score (nSPS) is 14.9. The zero-order valence-corrected chi connectivity index (χ0v) is 40.1. The van der Waals surface area contributed by atoms with Crippen molar-refractivity contribution in [3.63, 3.8) is 0 Å². The maximum atomic E-state index is 6.43. The van der Waals surface area contributed by atoms with Gasteiger partial charge in [-0.05, 0) is 156 Å². The smallest absolute Gasteiger partial charge is 0.137 e. The van der Waals surface area contributed by atoms with E-state index < -0.39 is 5.41 Å². The van der Waals surface area contributed by atoms with Gasteiger partial charge in [0.2, 0.25) is 0 Å². The summed E-state index contributed by atoms with van der Waals surface area (Å²) in [5, 5.41) is 2.24. The molecule has 0 radical (unpaired) electrons. The highest BCUT2D eigenvalue weighted by Gasteiger charge is 2.50. The highest BCUT2D eigenvalue weighted by molar-refractivity contribution is 6.06. The van der Waals surface area contributed by atoms with Crippen LogP contribution in [0, 0.1) is 0 Å². The highest BCUT2D eigenvalue weighted by atomic mass is 16.3. The van der Waals surface area contributed by atoms with Gasteiger partial charge in [-0.2, -0.15) is 0 Å². The maximum absolute atomic E-state index is 6.43. The van der Waals surface area contributed by atoms with E-state index >= 15 is 0 Å². The minimum absolute atomic E-state index is 0.0705. The van der Waals surface area contributed by atoms with Gasteiger partial charge in [0.25, 0.3) is 0 Å². The first-order valence-electron chi connectivity index (χ1n) is 24.7. The number of furan rings is 1. The first-order valence-corrected chi connectivity index (χ1v) is 24.7. The number of fused-ring (bicyclic) bond motifs is 7. The van der Waals surface area contributed by atoms with Crippen LogP contribution < -0.4 is 4.90 Å². The number of benzene rings is 10. The third kappa shape index (κ3) is 6.61. The lowest BCUT2D eigenvalue weighted by atomic mass is 9.67. The average molecular weight is 900 g/mol. The largest absolute Gasteiger partial charge is 0.456 e. The summed E-state index contributed by atoms with van der Waals surface area (Å²) in [7, 11) is 0. The van der Waals surface area contributed by atoms with Crippen LogP contribution in [0.3, 0.4) is 0 Å². The van der Waals surface area contributed by atoms with E-state index in [9.17, 15) is 0 Å². The molecule has 2 nitrogen and oxygen atoms in total. The lowest BCUT2D eigenvalue weighted by molar-refractivity contribution is 0.403. The Labute approximate surface area is 411 Å². The van der Waals surface area contributed by atoms with Gasteiger partial charge in [-0.25, -0.2) is 0 Å². The van der Waals surface area contributed by atoms with Crippen LogP contribution in [0.1, 0.15) is 67.5 Å². The van der Waals surface area contributed by atoms with Crippen LogP contribution in [-0.4, -0.2) is 0 Å². The van der Waals surface area contributed by atoms with E-state index in [1.165, 1.54) is 72.3 Å². The van der Waals surface area contributed by atoms with Crippen molar-refractivity contribution >= 4 is 39.0 Å². The molecular weight excluding hydrogens is 847 g/mol. The van der Waals surface area contributed by atoms with Gasteiger partial charge < -0.3 is 9.32 Å². The molecule has 336 valence electrons. The van der Waals surface area contributed by atoms with E-state index in [1.807, 2.05) is 12.1 Å². The molecule has 0 spiro atoms. The van der Waals surface area contributed by atoms with Crippen molar-refractivity contribution in [3.05, 3.63) is 270 Å². The van der Waals surface area contributed by atoms with Gasteiger partial charge >= 0.3 is 0 Å². The Morgan fingerprint density at radius 2 is 0.829 bits per heavy atom. The lowest BCUT2D eigenvalue weighted by Gasteiger charge is -2.34. The second-order valence-electron chi connectivity index (χ2n) is 20.8. The summed E-state index contributed by atoms with van der Waals surface area (Å²) in [5.41, 5.74) is 22.7. The molecule has 0 aliphatic heterocycles. The molecular formula is C68H53NO. The number of nitrogens with zero attached hydrogens (tertiary/aromatic N) is 1. The molecule has 70 heavy (non-hydrogen) atoms. The van der Waals surface area contributed by atoms with E-state index in [0.717, 1.165) is 51.0 Å². The predicted molar refractivity (Wildman–Crippen MR) is 293 cm³/mol. The number of rotatable bonds is 8. The summed E-state index contributed by atoms with van der Waals surface area (Å²) < 4.78 is 6.43. The van der Waals surface area contributed by atoms with Crippen LogP contribution in [0.5, 0.6) is 0 Å². The van der Waals surface area contributed by atoms with E-state index in [1.54, 1.807) is 0 Å². The summed E-state index contributed by atoms with van der Waals surface area (Å²) in [6.07, 6.45) is 1.13. The third-order valence-corrected chi connectivity index (χ3v) is 15.5. The molecule has 11 aromatic rings. The number of para-hydroxylation sites is 1. The molecule has 13 rings (SSSR count). The number of hydrogen-bond acceptors (Lipinski definition) is 2. The molecule has 10 aromatic carbocycles. The maximum Gasteiger partial charge on any atom is 0.137 e. The standard InChI is InChI=1S/C68H53NO/c1-66(2)44-67(3,4)63-43-61-59(42-62(63)66)58-40-50(32-37-60(58)68(61,51-23-10-6-11-24-51)52-25-12-7-13-26-52)48-21-16-20-47(38-48)46-30-33-53(34-31-46)69(54-27-17-22-49(39-54)45-18-8-5-9-19-45)55-35-36-57-56-28-14-15-29-64(56)70-65(57)41-55/h5-43H,44H2,1-4H3. The topological polar surface area (TPSA) is 16.4 Å². The van der Waals surface area contributed by atoms with Crippen molar-refractivity contribution in [1.29, 1.82) is 0 Å². The Morgan fingerprint density at radius 1 is 0.329 bits per heavy atom. The van der Waals surface area contributed by atoms with Gasteiger partial charge in [-0.15, -0.1) is 0 Å². The Morgan fingerprint density at radius 3 is 1.54 bits per heavy atom. The molecule has 2 heteroatoms. The van der Waals surface area contributed by atoms with Crippen molar-refractivity contribution in [1.82, 2.24) is 0 Å². The van der Waals surface area contributed by atoms with Crippen LogP contribution in [0.2, 0.25) is 0 Å². The highest BCUT2D eigenvalue weighted by Crippen LogP contribution is 2.60. The summed E-state index contributed by atoms with van der Waals surface area (Å²) >= 11 is 0. The summed E-state index contributed by atoms with van der Waals surface area (Å²) in [6.45, 7) is 9.73. The fourth-order valence-electron chi connectivity index (χ4n) is 12.6. The molecule has 0 amide bonds. The SMILES string of the molecule is CC1(C)CC(C)(C)c2cc3c(cc21)-c1cc(-c2cccc(-c4ccc(N(c5cccc(-c6ccccc6)c5)c5ccc6c(c5)oc5ccccc56)cc4)c2)ccc1C3(c1ccccc1)c1ccccc1. The van der Waals surface area contributed by atoms with Crippen molar-refractivity contribution in [2.45, 2.75) is 50.4 Å². The van der Waals surface area contributed by atoms with Gasteiger partial charge in [0.05, 0.1) is 5.41 Å². The van der Waals surface area contributed by atoms with Gasteiger partial charge in [-0.1, -0.05) is 198 Å². The van der Waals surface area contributed by atoms with E-state index in [2.05, 4.69) is 257 Å². The molecule has 0 unspecified atom stereocenters. The van der Waals surface area contributed by atoms with Crippen molar-refractivity contribution in [2.75, 3.05) is 4.90 Å². The summed E-state index contributed by atoms with van der Waals surface area (Å²) in [5.74, 6) is 0. The zero-order valence-electron chi connectivity index (χ0n) is 40.1. The zero-order chi connectivity index (χ0) is 47.2. The fourth-order valence-corrected chi connectivity index (χ4v) is 12.6.